The second-order valence-corrected chi connectivity index (χ2v) is 9.41. The predicted octanol–water partition coefficient (Wildman–Crippen LogP) is 4.69. The van der Waals surface area contributed by atoms with E-state index in [2.05, 4.69) is 5.32 Å². The number of halogens is 3. The predicted molar refractivity (Wildman–Crippen MR) is 121 cm³/mol. The molecule has 5 nitrogen and oxygen atoms in total. The maximum atomic E-state index is 13.2. The van der Waals surface area contributed by atoms with Gasteiger partial charge in [-0.3, -0.25) is 9.10 Å². The molecule has 0 fully saturated rings. The first-order valence-corrected chi connectivity index (χ1v) is 11.5. The van der Waals surface area contributed by atoms with Gasteiger partial charge in [0.15, 0.2) is 0 Å². The molecule has 0 radical (unpaired) electrons. The van der Waals surface area contributed by atoms with E-state index in [1.54, 1.807) is 30.3 Å². The Morgan fingerprint density at radius 3 is 2.16 bits per heavy atom. The van der Waals surface area contributed by atoms with Crippen molar-refractivity contribution in [1.29, 1.82) is 0 Å². The highest BCUT2D eigenvalue weighted by molar-refractivity contribution is 7.92. The van der Waals surface area contributed by atoms with Gasteiger partial charge < -0.3 is 5.32 Å². The van der Waals surface area contributed by atoms with Gasteiger partial charge in [0, 0.05) is 16.6 Å². The lowest BCUT2D eigenvalue weighted by atomic mass is 10.1. The minimum atomic E-state index is -4.05. The summed E-state index contributed by atoms with van der Waals surface area (Å²) in [6.45, 7) is -0.197. The summed E-state index contributed by atoms with van der Waals surface area (Å²) in [4.78, 5) is 12.6. The van der Waals surface area contributed by atoms with Crippen molar-refractivity contribution in [3.05, 3.63) is 94.2 Å². The number of anilines is 1. The molecular formula is C22H19Cl2FN2O3S. The Hall–Kier alpha value is -2.61. The van der Waals surface area contributed by atoms with Crippen LogP contribution in [0.1, 0.15) is 5.56 Å². The van der Waals surface area contributed by atoms with Crippen molar-refractivity contribution < 1.29 is 17.6 Å². The van der Waals surface area contributed by atoms with Crippen molar-refractivity contribution >= 4 is 44.8 Å². The van der Waals surface area contributed by atoms with Crippen LogP contribution in [0, 0.1) is 5.82 Å². The maximum Gasteiger partial charge on any atom is 0.264 e. The first-order chi connectivity index (χ1) is 14.8. The Morgan fingerprint density at radius 2 is 1.55 bits per heavy atom. The van der Waals surface area contributed by atoms with E-state index in [9.17, 15) is 17.6 Å². The molecule has 3 rings (SSSR count). The van der Waals surface area contributed by atoms with E-state index >= 15 is 0 Å². The van der Waals surface area contributed by atoms with E-state index in [0.717, 1.165) is 9.87 Å². The van der Waals surface area contributed by atoms with Gasteiger partial charge in [-0.1, -0.05) is 53.5 Å². The Labute approximate surface area is 190 Å². The fourth-order valence-electron chi connectivity index (χ4n) is 2.90. The maximum absolute atomic E-state index is 13.2. The summed E-state index contributed by atoms with van der Waals surface area (Å²) in [6, 6.07) is 18.1. The summed E-state index contributed by atoms with van der Waals surface area (Å²) < 4.78 is 40.4. The fraction of sp³-hybridized carbons (Fsp3) is 0.136. The minimum absolute atomic E-state index is 0.0326. The van der Waals surface area contributed by atoms with E-state index < -0.39 is 22.5 Å². The SMILES string of the molecule is O=C(CN(c1cc(Cl)cc(Cl)c1)S(=O)(=O)c1ccccc1)NCCc1ccc(F)cc1. The first-order valence-electron chi connectivity index (χ1n) is 9.31. The number of amides is 1. The molecule has 0 saturated heterocycles. The van der Waals surface area contributed by atoms with E-state index in [1.807, 2.05) is 0 Å². The van der Waals surface area contributed by atoms with Crippen LogP contribution in [-0.4, -0.2) is 27.4 Å². The van der Waals surface area contributed by atoms with Gasteiger partial charge in [-0.25, -0.2) is 12.8 Å². The van der Waals surface area contributed by atoms with Gasteiger partial charge in [-0.15, -0.1) is 0 Å². The number of nitrogens with zero attached hydrogens (tertiary/aromatic N) is 1. The molecule has 0 unspecified atom stereocenters. The smallest absolute Gasteiger partial charge is 0.264 e. The van der Waals surface area contributed by atoms with E-state index in [1.165, 1.54) is 42.5 Å². The monoisotopic (exact) mass is 480 g/mol. The zero-order valence-corrected chi connectivity index (χ0v) is 18.6. The Bertz CT molecular complexity index is 1140. The van der Waals surface area contributed by atoms with Crippen LogP contribution in [-0.2, 0) is 21.2 Å². The lowest BCUT2D eigenvalue weighted by Crippen LogP contribution is -2.41. The molecule has 0 heterocycles. The van der Waals surface area contributed by atoms with Crippen LogP contribution < -0.4 is 9.62 Å². The molecular weight excluding hydrogens is 462 g/mol. The van der Waals surface area contributed by atoms with Gasteiger partial charge in [0.05, 0.1) is 10.6 Å². The topological polar surface area (TPSA) is 66.5 Å². The molecule has 0 saturated carbocycles. The highest BCUT2D eigenvalue weighted by Crippen LogP contribution is 2.29. The summed E-state index contributed by atoms with van der Waals surface area (Å²) >= 11 is 12.1. The average Bonchev–Trinajstić information content (AvgIpc) is 2.73. The molecule has 0 bridgehead atoms. The number of rotatable bonds is 8. The Morgan fingerprint density at radius 1 is 0.935 bits per heavy atom. The van der Waals surface area contributed by atoms with Crippen LogP contribution in [0.25, 0.3) is 0 Å². The molecule has 1 amide bonds. The zero-order valence-electron chi connectivity index (χ0n) is 16.3. The second kappa shape index (κ2) is 10.1. The highest BCUT2D eigenvalue weighted by Gasteiger charge is 2.27. The van der Waals surface area contributed by atoms with E-state index in [4.69, 9.17) is 23.2 Å². The number of hydrogen-bond donors (Lipinski definition) is 1. The molecule has 0 spiro atoms. The average molecular weight is 481 g/mol. The number of nitrogens with one attached hydrogen (secondary N) is 1. The molecule has 31 heavy (non-hydrogen) atoms. The third-order valence-electron chi connectivity index (χ3n) is 4.40. The number of carbonyl (C=O) groups excluding carboxylic acids is 1. The largest absolute Gasteiger partial charge is 0.354 e. The molecule has 1 N–H and O–H groups in total. The standard InChI is InChI=1S/C22H19Cl2FN2O3S/c23-17-12-18(24)14-20(13-17)27(31(29,30)21-4-2-1-3-5-21)15-22(28)26-11-10-16-6-8-19(25)9-7-16/h1-9,12-14H,10-11,15H2,(H,26,28). The van der Waals surface area contributed by atoms with Gasteiger partial charge in [0.2, 0.25) is 5.91 Å². The number of sulfonamides is 1. The molecule has 0 atom stereocenters. The molecule has 0 aliphatic carbocycles. The van der Waals surface area contributed by atoms with Crippen molar-refractivity contribution in [2.75, 3.05) is 17.4 Å². The van der Waals surface area contributed by atoms with E-state index in [-0.39, 0.29) is 33.0 Å². The van der Waals surface area contributed by atoms with Crippen LogP contribution in [0.5, 0.6) is 0 Å². The summed E-state index contributed by atoms with van der Waals surface area (Å²) in [5.74, 6) is -0.840. The number of hydrogen-bond acceptors (Lipinski definition) is 3. The van der Waals surface area contributed by atoms with E-state index in [0.29, 0.717) is 6.42 Å². The van der Waals surface area contributed by atoms with Crippen molar-refractivity contribution in [3.63, 3.8) is 0 Å². The first kappa shape index (κ1) is 23.1. The highest BCUT2D eigenvalue weighted by atomic mass is 35.5. The minimum Gasteiger partial charge on any atom is -0.354 e. The van der Waals surface area contributed by atoms with Gasteiger partial charge >= 0.3 is 0 Å². The third kappa shape index (κ3) is 6.19. The Balaban J connectivity index is 1.79. The Kier molecular flexibility index (Phi) is 7.54. The zero-order chi connectivity index (χ0) is 22.4. The summed E-state index contributed by atoms with van der Waals surface area (Å²) in [5.41, 5.74) is 1.02. The third-order valence-corrected chi connectivity index (χ3v) is 6.63. The van der Waals surface area contributed by atoms with Gasteiger partial charge in [-0.2, -0.15) is 0 Å². The normalized spacial score (nSPS) is 11.2. The number of benzene rings is 3. The quantitative estimate of drug-likeness (QED) is 0.508. The molecule has 3 aromatic rings. The fourth-order valence-corrected chi connectivity index (χ4v) is 4.84. The summed E-state index contributed by atoms with van der Waals surface area (Å²) in [7, 11) is -4.05. The second-order valence-electron chi connectivity index (χ2n) is 6.68. The van der Waals surface area contributed by atoms with Crippen molar-refractivity contribution in [3.8, 4) is 0 Å². The molecule has 0 aliphatic rings. The van der Waals surface area contributed by atoms with Crippen molar-refractivity contribution in [2.24, 2.45) is 0 Å². The van der Waals surface area contributed by atoms with Crippen LogP contribution in [0.3, 0.4) is 0 Å². The molecule has 162 valence electrons. The molecule has 3 aromatic carbocycles. The molecule has 9 heteroatoms. The molecule has 0 aliphatic heterocycles. The molecule has 0 aromatic heterocycles. The van der Waals surface area contributed by atoms with Crippen LogP contribution >= 0.6 is 23.2 Å². The van der Waals surface area contributed by atoms with Crippen LogP contribution in [0.15, 0.2) is 77.7 Å². The van der Waals surface area contributed by atoms with Gasteiger partial charge in [0.25, 0.3) is 10.0 Å². The van der Waals surface area contributed by atoms with Gasteiger partial charge in [0.1, 0.15) is 12.4 Å². The van der Waals surface area contributed by atoms with Crippen molar-refractivity contribution in [1.82, 2.24) is 5.32 Å². The summed E-state index contributed by atoms with van der Waals surface area (Å²) in [5, 5.41) is 3.18. The van der Waals surface area contributed by atoms with Gasteiger partial charge in [-0.05, 0) is 54.4 Å². The lowest BCUT2D eigenvalue weighted by molar-refractivity contribution is -0.119. The lowest BCUT2D eigenvalue weighted by Gasteiger charge is -2.24. The van der Waals surface area contributed by atoms with Crippen LogP contribution in [0.2, 0.25) is 10.0 Å². The van der Waals surface area contributed by atoms with Crippen molar-refractivity contribution in [2.45, 2.75) is 11.3 Å². The number of carbonyl (C=O) groups is 1. The van der Waals surface area contributed by atoms with Crippen LogP contribution in [0.4, 0.5) is 10.1 Å². The summed E-state index contributed by atoms with van der Waals surface area (Å²) in [6.07, 6.45) is 0.473.